The number of allylic oxidation sites excluding steroid dienone is 1. The summed E-state index contributed by atoms with van der Waals surface area (Å²) in [6, 6.07) is 0. The first-order chi connectivity index (χ1) is 11.5. The average molecular weight is 343 g/mol. The molecule has 2 N–H and O–H groups in total. The molecular formula is C18H31O6-. The summed E-state index contributed by atoms with van der Waals surface area (Å²) >= 11 is 0. The van der Waals surface area contributed by atoms with Gasteiger partial charge in [0.2, 0.25) is 0 Å². The second kappa shape index (κ2) is 12.4. The van der Waals surface area contributed by atoms with Crippen molar-refractivity contribution in [1.29, 1.82) is 0 Å². The van der Waals surface area contributed by atoms with E-state index < -0.39 is 24.5 Å². The van der Waals surface area contributed by atoms with Gasteiger partial charge in [-0.05, 0) is 32.3 Å². The van der Waals surface area contributed by atoms with E-state index in [-0.39, 0.29) is 6.10 Å². The van der Waals surface area contributed by atoms with E-state index >= 15 is 0 Å². The fourth-order valence-electron chi connectivity index (χ4n) is 2.72. The Hall–Kier alpha value is -0.950. The lowest BCUT2D eigenvalue weighted by atomic mass is 10.0. The number of aliphatic hydroxyl groups is 2. The molecule has 0 aliphatic carbocycles. The molecule has 0 aromatic heterocycles. The highest BCUT2D eigenvalue weighted by Gasteiger charge is 2.34. The van der Waals surface area contributed by atoms with Crippen LogP contribution in [0.15, 0.2) is 12.2 Å². The zero-order valence-corrected chi connectivity index (χ0v) is 14.6. The molecule has 0 saturated carbocycles. The van der Waals surface area contributed by atoms with Gasteiger partial charge < -0.3 is 29.6 Å². The summed E-state index contributed by atoms with van der Waals surface area (Å²) in [4.78, 5) is 10.2. The monoisotopic (exact) mass is 343 g/mol. The van der Waals surface area contributed by atoms with Crippen LogP contribution in [0, 0.1) is 0 Å². The van der Waals surface area contributed by atoms with Gasteiger partial charge in [0.1, 0.15) is 6.10 Å². The van der Waals surface area contributed by atoms with Crippen molar-refractivity contribution < 1.29 is 29.6 Å². The van der Waals surface area contributed by atoms with Gasteiger partial charge in [-0.1, -0.05) is 38.2 Å². The molecule has 1 aliphatic heterocycles. The van der Waals surface area contributed by atoms with Crippen LogP contribution in [-0.2, 0) is 14.3 Å². The molecule has 6 nitrogen and oxygen atoms in total. The highest BCUT2D eigenvalue weighted by atomic mass is 16.7. The Balaban J connectivity index is 1.89. The lowest BCUT2D eigenvalue weighted by Crippen LogP contribution is -2.47. The number of unbranched alkanes of at least 4 members (excludes halogenated alkanes) is 7. The van der Waals surface area contributed by atoms with Crippen molar-refractivity contribution >= 4 is 5.97 Å². The van der Waals surface area contributed by atoms with Crippen molar-refractivity contribution in [3.05, 3.63) is 12.2 Å². The van der Waals surface area contributed by atoms with Gasteiger partial charge in [0.05, 0.1) is 18.2 Å². The summed E-state index contributed by atoms with van der Waals surface area (Å²) in [7, 11) is 0. The molecule has 24 heavy (non-hydrogen) atoms. The molecule has 1 rings (SSSR count). The average Bonchev–Trinajstić information content (AvgIpc) is 2.52. The number of carbonyl (C=O) groups excluding carboxylic acids is 1. The van der Waals surface area contributed by atoms with Crippen LogP contribution in [-0.4, -0.2) is 47.4 Å². The van der Waals surface area contributed by atoms with Crippen molar-refractivity contribution in [3.63, 3.8) is 0 Å². The largest absolute Gasteiger partial charge is 0.545 e. The van der Waals surface area contributed by atoms with Crippen LogP contribution in [0.2, 0.25) is 0 Å². The summed E-state index contributed by atoms with van der Waals surface area (Å²) < 4.78 is 11.0. The molecule has 0 unspecified atom stereocenters. The fourth-order valence-corrected chi connectivity index (χ4v) is 2.72. The Morgan fingerprint density at radius 3 is 2.42 bits per heavy atom. The van der Waals surface area contributed by atoms with Gasteiger partial charge in [0, 0.05) is 13.0 Å². The van der Waals surface area contributed by atoms with Crippen LogP contribution < -0.4 is 5.11 Å². The standard InChI is InChI=1S/C18H32O6/c1-14-15(19)13-16(20)18(24-14)23-12-10-8-6-4-2-3-5-7-9-11-17(21)22/h9,11,14-16,18-20H,2-8,10,12-13H2,1H3,(H,21,22)/p-1/b11-9+/t14-,15+,16+,18+/m0/s1. The van der Waals surface area contributed by atoms with E-state index in [2.05, 4.69) is 0 Å². The molecule has 1 aliphatic rings. The van der Waals surface area contributed by atoms with Crippen LogP contribution in [0.3, 0.4) is 0 Å². The minimum atomic E-state index is -1.13. The number of carboxylic acids is 1. The van der Waals surface area contributed by atoms with Gasteiger partial charge in [-0.3, -0.25) is 0 Å². The second-order valence-electron chi connectivity index (χ2n) is 6.44. The van der Waals surface area contributed by atoms with Crippen LogP contribution in [0.1, 0.15) is 64.7 Å². The molecular weight excluding hydrogens is 312 g/mol. The summed E-state index contributed by atoms with van der Waals surface area (Å²) in [5, 5.41) is 29.5. The fraction of sp³-hybridized carbons (Fsp3) is 0.833. The number of aliphatic carboxylic acids is 1. The molecule has 4 atom stereocenters. The van der Waals surface area contributed by atoms with Crippen LogP contribution in [0.5, 0.6) is 0 Å². The van der Waals surface area contributed by atoms with Crippen molar-refractivity contribution in [2.75, 3.05) is 6.61 Å². The van der Waals surface area contributed by atoms with Gasteiger partial charge in [-0.25, -0.2) is 0 Å². The maximum atomic E-state index is 10.2. The predicted octanol–water partition coefficient (Wildman–Crippen LogP) is 1.29. The third kappa shape index (κ3) is 9.37. The van der Waals surface area contributed by atoms with Gasteiger partial charge in [-0.2, -0.15) is 0 Å². The number of hydrogen-bond acceptors (Lipinski definition) is 6. The van der Waals surface area contributed by atoms with Gasteiger partial charge >= 0.3 is 0 Å². The number of rotatable bonds is 12. The smallest absolute Gasteiger partial charge is 0.183 e. The third-order valence-electron chi connectivity index (χ3n) is 4.24. The topological polar surface area (TPSA) is 99.1 Å². The Bertz CT molecular complexity index is 371. The predicted molar refractivity (Wildman–Crippen MR) is 88.0 cm³/mol. The molecule has 1 fully saturated rings. The lowest BCUT2D eigenvalue weighted by molar-refractivity contribution is -0.297. The number of aliphatic hydroxyl groups excluding tert-OH is 2. The van der Waals surface area contributed by atoms with Crippen molar-refractivity contribution in [3.8, 4) is 0 Å². The molecule has 1 heterocycles. The lowest BCUT2D eigenvalue weighted by Gasteiger charge is -2.35. The molecule has 1 saturated heterocycles. The number of hydrogen-bond donors (Lipinski definition) is 2. The van der Waals surface area contributed by atoms with Crippen molar-refractivity contribution in [2.24, 2.45) is 0 Å². The summed E-state index contributed by atoms with van der Waals surface area (Å²) in [6.45, 7) is 2.33. The van der Waals surface area contributed by atoms with E-state index in [1.54, 1.807) is 13.0 Å². The zero-order valence-electron chi connectivity index (χ0n) is 14.6. The summed E-state index contributed by atoms with van der Waals surface area (Å²) in [5.74, 6) is -1.13. The summed E-state index contributed by atoms with van der Waals surface area (Å²) in [5.41, 5.74) is 0. The molecule has 0 radical (unpaired) electrons. The highest BCUT2D eigenvalue weighted by Crippen LogP contribution is 2.21. The molecule has 6 heteroatoms. The van der Waals surface area contributed by atoms with E-state index in [1.165, 1.54) is 0 Å². The maximum Gasteiger partial charge on any atom is 0.183 e. The third-order valence-corrected chi connectivity index (χ3v) is 4.24. The number of carboxylic acid groups (broad SMARTS) is 1. The first kappa shape index (κ1) is 21.1. The van der Waals surface area contributed by atoms with Crippen molar-refractivity contribution in [1.82, 2.24) is 0 Å². The van der Waals surface area contributed by atoms with Gasteiger partial charge in [0.25, 0.3) is 0 Å². The van der Waals surface area contributed by atoms with Gasteiger partial charge in [-0.15, -0.1) is 0 Å². The number of carbonyl (C=O) groups is 1. The van der Waals surface area contributed by atoms with Crippen LogP contribution in [0.4, 0.5) is 0 Å². The first-order valence-corrected chi connectivity index (χ1v) is 9.01. The minimum Gasteiger partial charge on any atom is -0.545 e. The Morgan fingerprint density at radius 2 is 1.75 bits per heavy atom. The van der Waals surface area contributed by atoms with Crippen molar-refractivity contribution in [2.45, 2.75) is 89.3 Å². The van der Waals surface area contributed by atoms with E-state index in [4.69, 9.17) is 9.47 Å². The quantitative estimate of drug-likeness (QED) is 0.409. The first-order valence-electron chi connectivity index (χ1n) is 9.01. The maximum absolute atomic E-state index is 10.2. The molecule has 0 spiro atoms. The van der Waals surface area contributed by atoms with E-state index in [0.29, 0.717) is 13.0 Å². The number of ether oxygens (including phenoxy) is 2. The minimum absolute atomic E-state index is 0.296. The van der Waals surface area contributed by atoms with Crippen LogP contribution in [0.25, 0.3) is 0 Å². The second-order valence-corrected chi connectivity index (χ2v) is 6.44. The SMILES string of the molecule is C[C@@H]1O[C@@H](OCCCCCCCCC/C=C/C(=O)[O-])[C@H](O)C[C@H]1O. The molecule has 0 bridgehead atoms. The van der Waals surface area contributed by atoms with Crippen LogP contribution >= 0.6 is 0 Å². The molecule has 0 amide bonds. The zero-order chi connectivity index (χ0) is 17.8. The normalized spacial score (nSPS) is 27.6. The van der Waals surface area contributed by atoms with E-state index in [1.807, 2.05) is 0 Å². The summed E-state index contributed by atoms with van der Waals surface area (Å²) in [6.07, 6.45) is 9.08. The Labute approximate surface area is 144 Å². The van der Waals surface area contributed by atoms with E-state index in [0.717, 1.165) is 57.4 Å². The molecule has 0 aromatic rings. The van der Waals surface area contributed by atoms with E-state index in [9.17, 15) is 20.1 Å². The highest BCUT2D eigenvalue weighted by molar-refractivity contribution is 5.77. The molecule has 0 aromatic carbocycles. The Morgan fingerprint density at radius 1 is 1.12 bits per heavy atom. The Kier molecular flexibility index (Phi) is 10.9. The van der Waals surface area contributed by atoms with Gasteiger partial charge in [0.15, 0.2) is 6.29 Å². The molecule has 140 valence electrons.